The van der Waals surface area contributed by atoms with Crippen LogP contribution in [0.15, 0.2) is 0 Å². The fourth-order valence-electron chi connectivity index (χ4n) is 0.200. The van der Waals surface area contributed by atoms with Crippen LogP contribution < -0.4 is 0 Å². The summed E-state index contributed by atoms with van der Waals surface area (Å²) >= 11 is 14.4. The predicted molar refractivity (Wildman–Crippen MR) is 56.1 cm³/mol. The van der Waals surface area contributed by atoms with Gasteiger partial charge in [0, 0.05) is 4.05 Å². The van der Waals surface area contributed by atoms with E-state index in [1.807, 2.05) is 0 Å². The van der Waals surface area contributed by atoms with Gasteiger partial charge in [0.15, 0.2) is 0 Å². The van der Waals surface area contributed by atoms with Crippen LogP contribution in [0.2, 0.25) is 5.04 Å². The average Bonchev–Trinajstić information content (AvgIpc) is 1.64. The molecule has 0 aliphatic heterocycles. The number of hydrogen-bond acceptors (Lipinski definition) is 0. The van der Waals surface area contributed by atoms with Crippen molar-refractivity contribution in [1.82, 2.24) is 0 Å². The molecule has 0 nitrogen and oxygen atoms in total. The van der Waals surface area contributed by atoms with Crippen LogP contribution in [-0.2, 0) is 0 Å². The second-order valence-electron chi connectivity index (χ2n) is 3.09. The molecule has 0 heterocycles. The molecule has 0 aromatic rings. The summed E-state index contributed by atoms with van der Waals surface area (Å²) in [6.45, 7) is 4.34. The van der Waals surface area contributed by atoms with Crippen LogP contribution in [-0.4, -0.2) is 10.7 Å². The summed E-state index contributed by atoms with van der Waals surface area (Å²) in [6.07, 6.45) is 0. The van der Waals surface area contributed by atoms with Crippen molar-refractivity contribution in [2.24, 2.45) is 0 Å². The molecule has 0 fully saturated rings. The smallest absolute Gasteiger partial charge is 0.144 e. The molecule has 0 aromatic heterocycles. The van der Waals surface area contributed by atoms with Gasteiger partial charge in [-0.1, -0.05) is 43.4 Å². The molecule has 0 aliphatic rings. The molecule has 0 saturated carbocycles. The van der Waals surface area contributed by atoms with Crippen molar-refractivity contribution in [3.8, 4) is 0 Å². The first kappa shape index (κ1) is 10.5. The Kier molecular flexibility index (Phi) is 3.84. The molecule has 0 amide bonds. The van der Waals surface area contributed by atoms with Gasteiger partial charge in [0.1, 0.15) is 0 Å². The molecule has 0 rings (SSSR count). The molecular formula is C5H11Cl2ISi. The van der Waals surface area contributed by atoms with Gasteiger partial charge in [0.25, 0.3) is 6.69 Å². The second-order valence-corrected chi connectivity index (χ2v) is 13.0. The van der Waals surface area contributed by atoms with Gasteiger partial charge in [0.2, 0.25) is 0 Å². The van der Waals surface area contributed by atoms with Crippen molar-refractivity contribution in [3.05, 3.63) is 0 Å². The zero-order chi connectivity index (χ0) is 7.71. The van der Waals surface area contributed by atoms with Crippen LogP contribution in [0, 0.1) is 0 Å². The van der Waals surface area contributed by atoms with E-state index in [2.05, 4.69) is 43.4 Å². The van der Waals surface area contributed by atoms with Gasteiger partial charge in [-0.2, -0.15) is 0 Å². The monoisotopic (exact) mass is 296 g/mol. The molecule has 0 unspecified atom stereocenters. The van der Waals surface area contributed by atoms with Crippen LogP contribution in [0.1, 0.15) is 20.8 Å². The molecule has 0 atom stereocenters. The molecule has 0 radical (unpaired) electrons. The fraction of sp³-hybridized carbons (Fsp3) is 1.00. The Bertz CT molecular complexity index is 97.6. The van der Waals surface area contributed by atoms with Crippen molar-refractivity contribution in [3.63, 3.8) is 0 Å². The Labute approximate surface area is 80.9 Å². The third kappa shape index (κ3) is 2.95. The lowest BCUT2D eigenvalue weighted by Gasteiger charge is -2.29. The number of rotatable bonds is 1. The van der Waals surface area contributed by atoms with Gasteiger partial charge in [-0.3, -0.25) is 0 Å². The van der Waals surface area contributed by atoms with E-state index in [1.165, 1.54) is 0 Å². The van der Waals surface area contributed by atoms with Gasteiger partial charge in [-0.15, -0.1) is 22.2 Å². The van der Waals surface area contributed by atoms with Gasteiger partial charge in [-0.05, 0) is 5.04 Å². The highest BCUT2D eigenvalue weighted by molar-refractivity contribution is 14.1. The van der Waals surface area contributed by atoms with Crippen molar-refractivity contribution >= 4 is 51.4 Å². The first-order valence-corrected chi connectivity index (χ1v) is 8.51. The standard InChI is InChI=1S/C5H11Cl2ISi/c1-5(2,3)9(6,7)4-8/h4H2,1-3H3. The average molecular weight is 297 g/mol. The maximum Gasteiger partial charge on any atom is 0.265 e. The van der Waals surface area contributed by atoms with Gasteiger partial charge < -0.3 is 0 Å². The highest BCUT2D eigenvalue weighted by Crippen LogP contribution is 2.42. The molecule has 56 valence electrons. The molecular weight excluding hydrogens is 286 g/mol. The van der Waals surface area contributed by atoms with Crippen LogP contribution in [0.4, 0.5) is 0 Å². The molecule has 9 heavy (non-hydrogen) atoms. The summed E-state index contributed by atoms with van der Waals surface area (Å²) in [4.78, 5) is 0. The zero-order valence-corrected chi connectivity index (χ0v) is 10.5. The summed E-state index contributed by atoms with van der Waals surface area (Å²) in [7, 11) is 0. The highest BCUT2D eigenvalue weighted by atomic mass is 127. The Morgan fingerprint density at radius 3 is 1.67 bits per heavy atom. The lowest BCUT2D eigenvalue weighted by molar-refractivity contribution is 0.745. The van der Waals surface area contributed by atoms with Crippen LogP contribution in [0.5, 0.6) is 0 Å². The number of alkyl halides is 1. The second kappa shape index (κ2) is 3.28. The van der Waals surface area contributed by atoms with Crippen LogP contribution in [0.25, 0.3) is 0 Å². The maximum absolute atomic E-state index is 6.09. The molecule has 0 N–H and O–H groups in total. The Balaban J connectivity index is 4.14. The van der Waals surface area contributed by atoms with E-state index in [-0.39, 0.29) is 5.04 Å². The molecule has 0 bridgehead atoms. The Hall–Kier alpha value is 1.53. The van der Waals surface area contributed by atoms with Gasteiger partial charge in [-0.25, -0.2) is 0 Å². The topological polar surface area (TPSA) is 0 Å². The van der Waals surface area contributed by atoms with E-state index >= 15 is 0 Å². The summed E-state index contributed by atoms with van der Waals surface area (Å²) in [6, 6.07) is 0. The third-order valence-corrected chi connectivity index (χ3v) is 14.1. The van der Waals surface area contributed by atoms with E-state index in [9.17, 15) is 0 Å². The van der Waals surface area contributed by atoms with Crippen molar-refractivity contribution in [2.45, 2.75) is 25.8 Å². The van der Waals surface area contributed by atoms with E-state index in [0.717, 1.165) is 4.05 Å². The lowest BCUT2D eigenvalue weighted by Crippen LogP contribution is -2.33. The molecule has 4 heteroatoms. The quantitative estimate of drug-likeness (QED) is 0.300. The number of hydrogen-bond donors (Lipinski definition) is 0. The maximum atomic E-state index is 6.09. The van der Waals surface area contributed by atoms with Crippen molar-refractivity contribution in [1.29, 1.82) is 0 Å². The van der Waals surface area contributed by atoms with Gasteiger partial charge >= 0.3 is 0 Å². The zero-order valence-electron chi connectivity index (χ0n) is 5.84. The normalized spacial score (nSPS) is 14.0. The SMILES string of the molecule is CC(C)(C)[Si](Cl)(Cl)CI. The molecule has 0 aromatic carbocycles. The van der Waals surface area contributed by atoms with E-state index in [4.69, 9.17) is 22.2 Å². The fourth-order valence-corrected chi connectivity index (χ4v) is 4.03. The molecule has 0 aliphatic carbocycles. The van der Waals surface area contributed by atoms with E-state index < -0.39 is 6.69 Å². The first-order valence-electron chi connectivity index (χ1n) is 2.75. The highest BCUT2D eigenvalue weighted by Gasteiger charge is 2.40. The largest absolute Gasteiger partial charge is 0.265 e. The predicted octanol–water partition coefficient (Wildman–Crippen LogP) is 3.68. The Morgan fingerprint density at radius 1 is 1.33 bits per heavy atom. The first-order chi connectivity index (χ1) is 3.81. The minimum absolute atomic E-state index is 0.108. The van der Waals surface area contributed by atoms with Gasteiger partial charge in [0.05, 0.1) is 0 Å². The minimum Gasteiger partial charge on any atom is -0.144 e. The third-order valence-electron chi connectivity index (χ3n) is 1.27. The van der Waals surface area contributed by atoms with Crippen molar-refractivity contribution in [2.75, 3.05) is 4.05 Å². The summed E-state index contributed by atoms with van der Waals surface area (Å²) in [5.41, 5.74) is 0. The summed E-state index contributed by atoms with van der Waals surface area (Å²) in [5, 5.41) is 0.108. The summed E-state index contributed by atoms with van der Waals surface area (Å²) in [5.74, 6) is 0. The number of halogens is 3. The van der Waals surface area contributed by atoms with E-state index in [0.29, 0.717) is 0 Å². The lowest BCUT2D eigenvalue weighted by atomic mass is 10.3. The molecule has 0 saturated heterocycles. The van der Waals surface area contributed by atoms with E-state index in [1.54, 1.807) is 0 Å². The minimum atomic E-state index is -1.95. The van der Waals surface area contributed by atoms with Crippen LogP contribution in [0.3, 0.4) is 0 Å². The van der Waals surface area contributed by atoms with Crippen molar-refractivity contribution < 1.29 is 0 Å². The molecule has 0 spiro atoms. The summed E-state index contributed by atoms with van der Waals surface area (Å²) < 4.78 is 0.900. The Morgan fingerprint density at radius 2 is 1.67 bits per heavy atom. The van der Waals surface area contributed by atoms with Crippen LogP contribution >= 0.6 is 44.7 Å².